The van der Waals surface area contributed by atoms with E-state index in [0.29, 0.717) is 19.6 Å². The predicted molar refractivity (Wildman–Crippen MR) is 81.9 cm³/mol. The molecule has 1 unspecified atom stereocenters. The van der Waals surface area contributed by atoms with Gasteiger partial charge in [-0.05, 0) is 18.6 Å². The van der Waals surface area contributed by atoms with Gasteiger partial charge in [0.2, 0.25) is 0 Å². The first-order chi connectivity index (χ1) is 10.3. The van der Waals surface area contributed by atoms with Crippen molar-refractivity contribution in [2.75, 3.05) is 13.2 Å². The number of hydrogen-bond acceptors (Lipinski definition) is 3. The normalized spacial score (nSPS) is 17.9. The predicted octanol–water partition coefficient (Wildman–Crippen LogP) is 3.69. The lowest BCUT2D eigenvalue weighted by atomic mass is 10.0. The Bertz CT molecular complexity index is 609. The lowest BCUT2D eigenvalue weighted by Crippen LogP contribution is -2.13. The number of rotatable bonds is 5. The van der Waals surface area contributed by atoms with Crippen molar-refractivity contribution in [1.29, 1.82) is 0 Å². The summed E-state index contributed by atoms with van der Waals surface area (Å²) in [5.41, 5.74) is 2.05. The molecule has 0 saturated heterocycles. The zero-order valence-corrected chi connectivity index (χ0v) is 12.2. The summed E-state index contributed by atoms with van der Waals surface area (Å²) in [6.45, 7) is 3.17. The van der Waals surface area contributed by atoms with E-state index in [0.717, 1.165) is 17.1 Å². The molecule has 0 spiro atoms. The van der Waals surface area contributed by atoms with E-state index < -0.39 is 6.10 Å². The van der Waals surface area contributed by atoms with Gasteiger partial charge in [-0.2, -0.15) is 0 Å². The Hall–Kier alpha value is -2.00. The van der Waals surface area contributed by atoms with Gasteiger partial charge in [0, 0.05) is 11.1 Å². The molecule has 0 radical (unpaired) electrons. The van der Waals surface area contributed by atoms with E-state index in [1.165, 1.54) is 5.56 Å². The van der Waals surface area contributed by atoms with Crippen LogP contribution < -0.4 is 9.47 Å². The highest BCUT2D eigenvalue weighted by atomic mass is 16.5. The third kappa shape index (κ3) is 2.88. The van der Waals surface area contributed by atoms with Gasteiger partial charge in [-0.15, -0.1) is 0 Å². The van der Waals surface area contributed by atoms with Crippen LogP contribution in [0.25, 0.3) is 0 Å². The molecule has 2 aromatic rings. The SMILES string of the molecule is CC[C@H](O)c1ccccc1OCC1COc2ccccc21. The molecule has 1 aliphatic heterocycles. The molecular weight excluding hydrogens is 264 g/mol. The van der Waals surface area contributed by atoms with Crippen LogP contribution >= 0.6 is 0 Å². The lowest BCUT2D eigenvalue weighted by molar-refractivity contribution is 0.165. The summed E-state index contributed by atoms with van der Waals surface area (Å²) in [4.78, 5) is 0. The summed E-state index contributed by atoms with van der Waals surface area (Å²) in [5.74, 6) is 1.96. The molecule has 1 N–H and O–H groups in total. The van der Waals surface area contributed by atoms with Gasteiger partial charge >= 0.3 is 0 Å². The van der Waals surface area contributed by atoms with Crippen LogP contribution in [0.5, 0.6) is 11.5 Å². The topological polar surface area (TPSA) is 38.7 Å². The third-order valence-corrected chi connectivity index (χ3v) is 3.90. The molecule has 0 aromatic heterocycles. The second-order valence-electron chi connectivity index (χ2n) is 5.32. The summed E-state index contributed by atoms with van der Waals surface area (Å²) < 4.78 is 11.6. The smallest absolute Gasteiger partial charge is 0.125 e. The van der Waals surface area contributed by atoms with Gasteiger partial charge < -0.3 is 14.6 Å². The number of para-hydroxylation sites is 2. The molecule has 1 heterocycles. The maximum absolute atomic E-state index is 10.1. The first kappa shape index (κ1) is 14.0. The highest BCUT2D eigenvalue weighted by Gasteiger charge is 2.24. The molecule has 1 aliphatic rings. The van der Waals surface area contributed by atoms with Crippen LogP contribution in [0.1, 0.15) is 36.5 Å². The number of aliphatic hydroxyl groups excluding tert-OH is 1. The van der Waals surface area contributed by atoms with Crippen molar-refractivity contribution >= 4 is 0 Å². The highest BCUT2D eigenvalue weighted by Crippen LogP contribution is 2.34. The molecule has 0 saturated carbocycles. The van der Waals surface area contributed by atoms with E-state index in [4.69, 9.17) is 9.47 Å². The van der Waals surface area contributed by atoms with Gasteiger partial charge in [-0.3, -0.25) is 0 Å². The van der Waals surface area contributed by atoms with Crippen LogP contribution in [-0.2, 0) is 0 Å². The molecule has 0 amide bonds. The number of ether oxygens (including phenoxy) is 2. The minimum atomic E-state index is -0.478. The van der Waals surface area contributed by atoms with E-state index >= 15 is 0 Å². The van der Waals surface area contributed by atoms with Gasteiger partial charge in [-0.25, -0.2) is 0 Å². The van der Waals surface area contributed by atoms with Crippen molar-refractivity contribution in [3.63, 3.8) is 0 Å². The maximum atomic E-state index is 10.1. The van der Waals surface area contributed by atoms with Gasteiger partial charge in [-0.1, -0.05) is 43.3 Å². The van der Waals surface area contributed by atoms with E-state index in [2.05, 4.69) is 6.07 Å². The summed E-state index contributed by atoms with van der Waals surface area (Å²) in [6.07, 6.45) is 0.198. The zero-order chi connectivity index (χ0) is 14.7. The molecule has 0 aliphatic carbocycles. The summed E-state index contributed by atoms with van der Waals surface area (Å²) in [5, 5.41) is 10.1. The Morgan fingerprint density at radius 1 is 1.19 bits per heavy atom. The van der Waals surface area contributed by atoms with Gasteiger partial charge in [0.05, 0.1) is 25.2 Å². The molecule has 21 heavy (non-hydrogen) atoms. The van der Waals surface area contributed by atoms with E-state index in [-0.39, 0.29) is 5.92 Å². The van der Waals surface area contributed by atoms with Crippen LogP contribution in [0.3, 0.4) is 0 Å². The van der Waals surface area contributed by atoms with E-state index in [1.54, 1.807) is 0 Å². The molecular formula is C18H20O3. The monoisotopic (exact) mass is 284 g/mol. The number of fused-ring (bicyclic) bond motifs is 1. The molecule has 0 bridgehead atoms. The number of hydrogen-bond donors (Lipinski definition) is 1. The average Bonchev–Trinajstić information content (AvgIpc) is 2.96. The molecule has 2 aromatic carbocycles. The van der Waals surface area contributed by atoms with Crippen molar-refractivity contribution < 1.29 is 14.6 Å². The van der Waals surface area contributed by atoms with E-state index in [1.807, 2.05) is 49.4 Å². The molecule has 3 nitrogen and oxygen atoms in total. The Balaban J connectivity index is 1.72. The Morgan fingerprint density at radius 2 is 1.95 bits per heavy atom. The number of benzene rings is 2. The van der Waals surface area contributed by atoms with Crippen molar-refractivity contribution in [1.82, 2.24) is 0 Å². The summed E-state index contributed by atoms with van der Waals surface area (Å²) in [7, 11) is 0. The van der Waals surface area contributed by atoms with Crippen LogP contribution in [0.15, 0.2) is 48.5 Å². The van der Waals surface area contributed by atoms with Crippen molar-refractivity contribution in [2.24, 2.45) is 0 Å². The minimum absolute atomic E-state index is 0.244. The van der Waals surface area contributed by atoms with Crippen LogP contribution in [-0.4, -0.2) is 18.3 Å². The molecule has 3 heteroatoms. The van der Waals surface area contributed by atoms with Gasteiger partial charge in [0.15, 0.2) is 0 Å². The minimum Gasteiger partial charge on any atom is -0.493 e. The third-order valence-electron chi connectivity index (χ3n) is 3.90. The molecule has 0 fully saturated rings. The average molecular weight is 284 g/mol. The van der Waals surface area contributed by atoms with Gasteiger partial charge in [0.25, 0.3) is 0 Å². The molecule has 2 atom stereocenters. The molecule has 3 rings (SSSR count). The highest BCUT2D eigenvalue weighted by molar-refractivity contribution is 5.40. The fourth-order valence-corrected chi connectivity index (χ4v) is 2.66. The number of aliphatic hydroxyl groups is 1. The fourth-order valence-electron chi connectivity index (χ4n) is 2.66. The van der Waals surface area contributed by atoms with Crippen molar-refractivity contribution in [3.05, 3.63) is 59.7 Å². The Kier molecular flexibility index (Phi) is 4.11. The van der Waals surface area contributed by atoms with Gasteiger partial charge in [0.1, 0.15) is 11.5 Å². The quantitative estimate of drug-likeness (QED) is 0.910. The van der Waals surface area contributed by atoms with Crippen LogP contribution in [0.2, 0.25) is 0 Å². The van der Waals surface area contributed by atoms with Crippen LogP contribution in [0.4, 0.5) is 0 Å². The standard InChI is InChI=1S/C18H20O3/c1-2-16(19)15-8-4-6-10-18(15)21-12-13-11-20-17-9-5-3-7-14(13)17/h3-10,13,16,19H,2,11-12H2,1H3/t13?,16-/m0/s1. The summed E-state index contributed by atoms with van der Waals surface area (Å²) >= 11 is 0. The van der Waals surface area contributed by atoms with Crippen molar-refractivity contribution in [3.8, 4) is 11.5 Å². The Morgan fingerprint density at radius 3 is 2.81 bits per heavy atom. The second-order valence-corrected chi connectivity index (χ2v) is 5.32. The fraction of sp³-hybridized carbons (Fsp3) is 0.333. The van der Waals surface area contributed by atoms with E-state index in [9.17, 15) is 5.11 Å². The maximum Gasteiger partial charge on any atom is 0.125 e. The largest absolute Gasteiger partial charge is 0.493 e. The lowest BCUT2D eigenvalue weighted by Gasteiger charge is -2.17. The zero-order valence-electron chi connectivity index (χ0n) is 12.2. The Labute approximate surface area is 125 Å². The second kappa shape index (κ2) is 6.19. The summed E-state index contributed by atoms with van der Waals surface area (Å²) in [6, 6.07) is 15.8. The van der Waals surface area contributed by atoms with Crippen molar-refractivity contribution in [2.45, 2.75) is 25.4 Å². The first-order valence-electron chi connectivity index (χ1n) is 7.41. The first-order valence-corrected chi connectivity index (χ1v) is 7.41. The molecule has 110 valence electrons. The van der Waals surface area contributed by atoms with Crippen LogP contribution in [0, 0.1) is 0 Å².